The number of thiophene rings is 1. The lowest BCUT2D eigenvalue weighted by Gasteiger charge is -2.43. The van der Waals surface area contributed by atoms with Gasteiger partial charge in [-0.15, -0.1) is 11.3 Å². The summed E-state index contributed by atoms with van der Waals surface area (Å²) in [6.07, 6.45) is 7.69. The minimum atomic E-state index is -0.0274. The molecule has 1 aromatic carbocycles. The Morgan fingerprint density at radius 1 is 1.00 bits per heavy atom. The van der Waals surface area contributed by atoms with Crippen LogP contribution >= 0.6 is 11.3 Å². The van der Waals surface area contributed by atoms with Gasteiger partial charge in [0.05, 0.1) is 18.8 Å². The van der Waals surface area contributed by atoms with Crippen molar-refractivity contribution in [1.29, 1.82) is 0 Å². The van der Waals surface area contributed by atoms with E-state index in [2.05, 4.69) is 0 Å². The third kappa shape index (κ3) is 4.94. The van der Waals surface area contributed by atoms with Crippen LogP contribution in [-0.2, 0) is 9.53 Å². The summed E-state index contributed by atoms with van der Waals surface area (Å²) in [7, 11) is 0. The van der Waals surface area contributed by atoms with Gasteiger partial charge in [-0.3, -0.25) is 9.59 Å². The number of fused-ring (bicyclic) bond motifs is 1. The Bertz CT molecular complexity index is 968. The molecule has 3 fully saturated rings. The van der Waals surface area contributed by atoms with E-state index in [9.17, 15) is 9.59 Å². The highest BCUT2D eigenvalue weighted by atomic mass is 32.1. The number of likely N-dealkylation sites (tertiary alicyclic amines) is 1. The predicted octanol–water partition coefficient (Wildman–Crippen LogP) is 4.59. The molecule has 3 aliphatic rings. The number of amides is 2. The maximum atomic E-state index is 13.8. The molecule has 0 bridgehead atoms. The van der Waals surface area contributed by atoms with Gasteiger partial charge in [0.2, 0.25) is 0 Å². The predicted molar refractivity (Wildman–Crippen MR) is 129 cm³/mol. The van der Waals surface area contributed by atoms with Crippen molar-refractivity contribution in [1.82, 2.24) is 9.80 Å². The summed E-state index contributed by atoms with van der Waals surface area (Å²) in [5, 5.41) is 0. The number of ether oxygens (including phenoxy) is 2. The summed E-state index contributed by atoms with van der Waals surface area (Å²) in [6, 6.07) is 12.1. The second-order valence-corrected chi connectivity index (χ2v) is 10.2. The van der Waals surface area contributed by atoms with Crippen LogP contribution in [0.1, 0.15) is 54.6 Å². The van der Waals surface area contributed by atoms with Crippen molar-refractivity contribution in [3.8, 4) is 16.2 Å². The Kier molecular flexibility index (Phi) is 6.97. The maximum absolute atomic E-state index is 13.8. The fourth-order valence-corrected chi connectivity index (χ4v) is 6.29. The van der Waals surface area contributed by atoms with E-state index in [4.69, 9.17) is 9.47 Å². The molecule has 3 heterocycles. The highest BCUT2D eigenvalue weighted by Gasteiger charge is 2.38. The van der Waals surface area contributed by atoms with Gasteiger partial charge in [-0.05, 0) is 43.7 Å². The average molecular weight is 469 g/mol. The molecule has 0 N–H and O–H groups in total. The van der Waals surface area contributed by atoms with Crippen LogP contribution in [0.3, 0.4) is 0 Å². The molecule has 1 aromatic heterocycles. The third-order valence-electron chi connectivity index (χ3n) is 7.00. The van der Waals surface area contributed by atoms with Crippen molar-refractivity contribution in [2.75, 3.05) is 32.8 Å². The molecule has 2 aliphatic heterocycles. The van der Waals surface area contributed by atoms with Crippen LogP contribution in [0.15, 0.2) is 36.4 Å². The molecular weight excluding hydrogens is 436 g/mol. The molecule has 2 aromatic rings. The minimum absolute atomic E-state index is 0.000669. The SMILES string of the molecule is O=C(COc1cc(-c2ccccc2)sc1C(=O)N1CCOC2CCCCC21)N1CCCCC1. The lowest BCUT2D eigenvalue weighted by atomic mass is 9.90. The Labute approximate surface area is 199 Å². The zero-order valence-corrected chi connectivity index (χ0v) is 19.9. The first kappa shape index (κ1) is 22.4. The van der Waals surface area contributed by atoms with Crippen LogP contribution in [0.25, 0.3) is 10.4 Å². The van der Waals surface area contributed by atoms with Crippen LogP contribution in [0.5, 0.6) is 5.75 Å². The van der Waals surface area contributed by atoms with Crippen LogP contribution in [0.2, 0.25) is 0 Å². The van der Waals surface area contributed by atoms with Gasteiger partial charge < -0.3 is 19.3 Å². The topological polar surface area (TPSA) is 59.1 Å². The molecule has 7 heteroatoms. The summed E-state index contributed by atoms with van der Waals surface area (Å²) in [5.41, 5.74) is 1.05. The molecule has 0 spiro atoms. The smallest absolute Gasteiger partial charge is 0.268 e. The number of morpholine rings is 1. The van der Waals surface area contributed by atoms with Gasteiger partial charge >= 0.3 is 0 Å². The standard InChI is InChI=1S/C26H32N2O4S/c29-24(27-13-7-2-8-14-27)18-32-22-17-23(19-9-3-1-4-10-19)33-25(22)26(30)28-15-16-31-21-12-6-5-11-20(21)28/h1,3-4,9-10,17,20-21H,2,5-8,11-16,18H2. The van der Waals surface area contributed by atoms with Crippen molar-refractivity contribution in [3.05, 3.63) is 41.3 Å². The first-order chi connectivity index (χ1) is 16.2. The number of piperidine rings is 1. The summed E-state index contributed by atoms with van der Waals surface area (Å²) in [6.45, 7) is 2.74. The fourth-order valence-electron chi connectivity index (χ4n) is 5.23. The molecule has 1 aliphatic carbocycles. The number of hydrogen-bond donors (Lipinski definition) is 0. The molecule has 176 valence electrons. The molecule has 6 nitrogen and oxygen atoms in total. The second kappa shape index (κ2) is 10.3. The van der Waals surface area contributed by atoms with Gasteiger partial charge in [0, 0.05) is 24.5 Å². The van der Waals surface area contributed by atoms with E-state index in [0.29, 0.717) is 23.8 Å². The van der Waals surface area contributed by atoms with E-state index < -0.39 is 0 Å². The molecule has 5 rings (SSSR count). The molecule has 2 atom stereocenters. The second-order valence-electron chi connectivity index (χ2n) is 9.16. The van der Waals surface area contributed by atoms with E-state index in [1.807, 2.05) is 46.2 Å². The van der Waals surface area contributed by atoms with Crippen molar-refractivity contribution >= 4 is 23.2 Å². The zero-order chi connectivity index (χ0) is 22.6. The summed E-state index contributed by atoms with van der Waals surface area (Å²) in [4.78, 5) is 31.9. The van der Waals surface area contributed by atoms with Gasteiger partial charge in [-0.25, -0.2) is 0 Å². The molecule has 2 saturated heterocycles. The van der Waals surface area contributed by atoms with E-state index >= 15 is 0 Å². The zero-order valence-electron chi connectivity index (χ0n) is 19.0. The summed E-state index contributed by atoms with van der Waals surface area (Å²) < 4.78 is 12.0. The maximum Gasteiger partial charge on any atom is 0.268 e. The molecule has 2 amide bonds. The van der Waals surface area contributed by atoms with Gasteiger partial charge in [0.15, 0.2) is 6.61 Å². The van der Waals surface area contributed by atoms with Crippen LogP contribution in [0, 0.1) is 0 Å². The van der Waals surface area contributed by atoms with Crippen molar-refractivity contribution in [2.24, 2.45) is 0 Å². The monoisotopic (exact) mass is 468 g/mol. The van der Waals surface area contributed by atoms with E-state index in [1.165, 1.54) is 17.8 Å². The van der Waals surface area contributed by atoms with E-state index in [0.717, 1.165) is 62.1 Å². The van der Waals surface area contributed by atoms with E-state index in [1.54, 1.807) is 0 Å². The number of carbonyl (C=O) groups is 2. The molecule has 1 saturated carbocycles. The normalized spacial score (nSPS) is 23.2. The van der Waals surface area contributed by atoms with Gasteiger partial charge in [-0.1, -0.05) is 43.2 Å². The fraction of sp³-hybridized carbons (Fsp3) is 0.538. The first-order valence-corrected chi connectivity index (χ1v) is 13.0. The number of carbonyl (C=O) groups excluding carboxylic acids is 2. The van der Waals surface area contributed by atoms with Gasteiger partial charge in [0.25, 0.3) is 11.8 Å². The Balaban J connectivity index is 1.39. The van der Waals surface area contributed by atoms with Gasteiger partial charge in [0.1, 0.15) is 10.6 Å². The van der Waals surface area contributed by atoms with Gasteiger partial charge in [-0.2, -0.15) is 0 Å². The first-order valence-electron chi connectivity index (χ1n) is 12.2. The Morgan fingerprint density at radius 3 is 2.61 bits per heavy atom. The van der Waals surface area contributed by atoms with Crippen LogP contribution < -0.4 is 4.74 Å². The number of hydrogen-bond acceptors (Lipinski definition) is 5. The largest absolute Gasteiger partial charge is 0.482 e. The molecule has 33 heavy (non-hydrogen) atoms. The molecular formula is C26H32N2O4S. The number of nitrogens with zero attached hydrogens (tertiary/aromatic N) is 2. The van der Waals surface area contributed by atoms with Crippen molar-refractivity contribution in [2.45, 2.75) is 57.1 Å². The molecule has 2 unspecified atom stereocenters. The quantitative estimate of drug-likeness (QED) is 0.644. The summed E-state index contributed by atoms with van der Waals surface area (Å²) in [5.74, 6) is 0.523. The highest BCUT2D eigenvalue weighted by molar-refractivity contribution is 7.17. The van der Waals surface area contributed by atoms with Crippen LogP contribution in [-0.4, -0.2) is 66.6 Å². The summed E-state index contributed by atoms with van der Waals surface area (Å²) >= 11 is 1.46. The van der Waals surface area contributed by atoms with E-state index in [-0.39, 0.29) is 30.6 Å². The van der Waals surface area contributed by atoms with Crippen molar-refractivity contribution in [3.63, 3.8) is 0 Å². The lowest BCUT2D eigenvalue weighted by Crippen LogP contribution is -2.54. The number of benzene rings is 1. The van der Waals surface area contributed by atoms with Crippen LogP contribution in [0.4, 0.5) is 0 Å². The Morgan fingerprint density at radius 2 is 1.79 bits per heavy atom. The third-order valence-corrected chi connectivity index (χ3v) is 8.16. The highest BCUT2D eigenvalue weighted by Crippen LogP contribution is 2.39. The minimum Gasteiger partial charge on any atom is -0.482 e. The number of rotatable bonds is 5. The lowest BCUT2D eigenvalue weighted by molar-refractivity contribution is -0.134. The molecule has 0 radical (unpaired) electrons. The van der Waals surface area contributed by atoms with Crippen molar-refractivity contribution < 1.29 is 19.1 Å². The Hall–Kier alpha value is -2.38. The average Bonchev–Trinajstić information content (AvgIpc) is 3.32.